The fraction of sp³-hybridized carbons (Fsp3) is 0.269. The first-order valence-electron chi connectivity index (χ1n) is 11.2. The molecule has 0 bridgehead atoms. The molecule has 2 N–H and O–H groups in total. The Kier molecular flexibility index (Phi) is 5.77. The Balaban J connectivity index is 1.48. The van der Waals surface area contributed by atoms with Crippen LogP contribution in [0.2, 0.25) is 0 Å². The zero-order valence-electron chi connectivity index (χ0n) is 18.4. The third-order valence-electron chi connectivity index (χ3n) is 6.49. The van der Waals surface area contributed by atoms with Gasteiger partial charge in [-0.2, -0.15) is 0 Å². The predicted octanol–water partition coefficient (Wildman–Crippen LogP) is 5.79. The molecule has 2 aromatic carbocycles. The van der Waals surface area contributed by atoms with Crippen molar-refractivity contribution in [1.29, 1.82) is 0 Å². The number of aromatic nitrogens is 4. The second-order valence-corrected chi connectivity index (χ2v) is 8.47. The molecule has 1 fully saturated rings. The Bertz CT molecular complexity index is 1230. The lowest BCUT2D eigenvalue weighted by molar-refractivity contribution is 0.324. The molecule has 2 heterocycles. The van der Waals surface area contributed by atoms with Gasteiger partial charge in [0.15, 0.2) is 5.82 Å². The first kappa shape index (κ1) is 21.1. The van der Waals surface area contributed by atoms with Crippen molar-refractivity contribution in [3.05, 3.63) is 78.5 Å². The lowest BCUT2D eigenvalue weighted by Gasteiger charge is -2.30. The molecule has 1 aliphatic rings. The third-order valence-corrected chi connectivity index (χ3v) is 6.49. The van der Waals surface area contributed by atoms with E-state index in [-0.39, 0.29) is 11.9 Å². The molecule has 2 aromatic heterocycles. The number of halogens is 1. The summed E-state index contributed by atoms with van der Waals surface area (Å²) < 4.78 is 15.7. The largest absolute Gasteiger partial charge is 0.508 e. The minimum Gasteiger partial charge on any atom is -0.508 e. The van der Waals surface area contributed by atoms with Gasteiger partial charge in [-0.05, 0) is 79.6 Å². The minimum atomic E-state index is -0.277. The highest BCUT2D eigenvalue weighted by Crippen LogP contribution is 2.41. The van der Waals surface area contributed by atoms with Crippen molar-refractivity contribution in [3.63, 3.8) is 0 Å². The van der Waals surface area contributed by atoms with E-state index in [4.69, 9.17) is 4.98 Å². The summed E-state index contributed by atoms with van der Waals surface area (Å²) in [5.41, 5.74) is 3.71. The summed E-state index contributed by atoms with van der Waals surface area (Å²) in [7, 11) is 1.83. The number of rotatable bonds is 5. The lowest BCUT2D eigenvalue weighted by Crippen LogP contribution is -2.18. The second-order valence-electron chi connectivity index (χ2n) is 8.47. The molecule has 5 rings (SSSR count). The maximum atomic E-state index is 13.5. The first-order chi connectivity index (χ1) is 16.1. The van der Waals surface area contributed by atoms with Crippen molar-refractivity contribution in [3.8, 4) is 28.5 Å². The molecule has 7 heteroatoms. The maximum absolute atomic E-state index is 13.5. The van der Waals surface area contributed by atoms with E-state index < -0.39 is 0 Å². The van der Waals surface area contributed by atoms with E-state index in [2.05, 4.69) is 19.9 Å². The topological polar surface area (TPSA) is 75.9 Å². The summed E-state index contributed by atoms with van der Waals surface area (Å²) in [5.74, 6) is 1.83. The van der Waals surface area contributed by atoms with E-state index in [9.17, 15) is 9.50 Å². The minimum absolute atomic E-state index is 0.275. The molecule has 168 valence electrons. The summed E-state index contributed by atoms with van der Waals surface area (Å²) in [6, 6.07) is 16.1. The number of hydrogen-bond donors (Lipinski definition) is 2. The van der Waals surface area contributed by atoms with Crippen molar-refractivity contribution in [1.82, 2.24) is 19.5 Å². The van der Waals surface area contributed by atoms with Crippen LogP contribution in [-0.4, -0.2) is 31.7 Å². The van der Waals surface area contributed by atoms with E-state index in [0.717, 1.165) is 48.5 Å². The van der Waals surface area contributed by atoms with Crippen LogP contribution in [-0.2, 0) is 0 Å². The zero-order valence-corrected chi connectivity index (χ0v) is 18.4. The first-order valence-corrected chi connectivity index (χ1v) is 11.2. The van der Waals surface area contributed by atoms with Gasteiger partial charge in [-0.15, -0.1) is 0 Å². The van der Waals surface area contributed by atoms with Gasteiger partial charge >= 0.3 is 0 Å². The van der Waals surface area contributed by atoms with Crippen LogP contribution in [0, 0.1) is 5.82 Å². The average Bonchev–Trinajstić information content (AvgIpc) is 3.30. The van der Waals surface area contributed by atoms with E-state index in [1.165, 1.54) is 17.7 Å². The number of benzene rings is 2. The molecular weight excluding hydrogens is 417 g/mol. The van der Waals surface area contributed by atoms with Crippen LogP contribution in [0.4, 0.5) is 10.2 Å². The summed E-state index contributed by atoms with van der Waals surface area (Å²) in [6.07, 6.45) is 7.72. The van der Waals surface area contributed by atoms with Crippen LogP contribution < -0.4 is 5.32 Å². The van der Waals surface area contributed by atoms with Gasteiger partial charge in [0.2, 0.25) is 0 Å². The van der Waals surface area contributed by atoms with Crippen LogP contribution in [0.3, 0.4) is 0 Å². The van der Waals surface area contributed by atoms with E-state index in [1.54, 1.807) is 30.5 Å². The standard InChI is InChI=1S/C26H26FN5O/c1-28-23-14-15-29-26(31-23)25-24(19-2-8-20(27)9-3-19)30-16-32(25)21-10-4-17(5-11-21)18-6-12-22(33)13-7-18/h2-3,6-9,12-17,21,33H,4-5,10-11H2,1H3,(H,28,29,31). The van der Waals surface area contributed by atoms with Crippen LogP contribution in [0.15, 0.2) is 67.1 Å². The Labute approximate surface area is 192 Å². The van der Waals surface area contributed by atoms with Gasteiger partial charge in [-0.25, -0.2) is 19.3 Å². The summed E-state index contributed by atoms with van der Waals surface area (Å²) in [4.78, 5) is 14.0. The highest BCUT2D eigenvalue weighted by Gasteiger charge is 2.28. The van der Waals surface area contributed by atoms with Crippen molar-refractivity contribution in [2.75, 3.05) is 12.4 Å². The van der Waals surface area contributed by atoms with Crippen LogP contribution in [0.5, 0.6) is 5.75 Å². The van der Waals surface area contributed by atoms with E-state index in [0.29, 0.717) is 17.5 Å². The Hall–Kier alpha value is -3.74. The van der Waals surface area contributed by atoms with E-state index >= 15 is 0 Å². The fourth-order valence-corrected chi connectivity index (χ4v) is 4.72. The van der Waals surface area contributed by atoms with Gasteiger partial charge in [0.1, 0.15) is 23.1 Å². The Morgan fingerprint density at radius 3 is 2.36 bits per heavy atom. The number of imidazole rings is 1. The smallest absolute Gasteiger partial charge is 0.180 e. The SMILES string of the molecule is CNc1ccnc(-c2c(-c3ccc(F)cc3)ncn2C2CCC(c3ccc(O)cc3)CC2)n1. The third kappa shape index (κ3) is 4.31. The number of phenolic OH excluding ortho intramolecular Hbond substituents is 1. The van der Waals surface area contributed by atoms with Gasteiger partial charge in [0.05, 0.1) is 12.0 Å². The number of nitrogens with zero attached hydrogens (tertiary/aromatic N) is 4. The van der Waals surface area contributed by atoms with Gasteiger partial charge in [-0.3, -0.25) is 0 Å². The molecule has 0 aliphatic heterocycles. The summed E-state index contributed by atoms with van der Waals surface area (Å²) >= 11 is 0. The molecule has 6 nitrogen and oxygen atoms in total. The Morgan fingerprint density at radius 2 is 1.67 bits per heavy atom. The zero-order chi connectivity index (χ0) is 22.8. The maximum Gasteiger partial charge on any atom is 0.180 e. The molecule has 1 saturated carbocycles. The molecule has 33 heavy (non-hydrogen) atoms. The molecule has 0 saturated heterocycles. The molecule has 1 aliphatic carbocycles. The molecule has 0 radical (unpaired) electrons. The van der Waals surface area contributed by atoms with E-state index in [1.807, 2.05) is 31.6 Å². The molecule has 4 aromatic rings. The van der Waals surface area contributed by atoms with Gasteiger partial charge in [-0.1, -0.05) is 12.1 Å². The number of phenols is 1. The highest BCUT2D eigenvalue weighted by atomic mass is 19.1. The fourth-order valence-electron chi connectivity index (χ4n) is 4.72. The quantitative estimate of drug-likeness (QED) is 0.408. The highest BCUT2D eigenvalue weighted by molar-refractivity contribution is 5.75. The Morgan fingerprint density at radius 1 is 0.939 bits per heavy atom. The van der Waals surface area contributed by atoms with Crippen molar-refractivity contribution >= 4 is 5.82 Å². The van der Waals surface area contributed by atoms with Gasteiger partial charge in [0.25, 0.3) is 0 Å². The van der Waals surface area contributed by atoms with Crippen molar-refractivity contribution in [2.45, 2.75) is 37.6 Å². The number of hydrogen-bond acceptors (Lipinski definition) is 5. The summed E-state index contributed by atoms with van der Waals surface area (Å²) in [5, 5.41) is 12.7. The number of anilines is 1. The van der Waals surface area contributed by atoms with Gasteiger partial charge in [0, 0.05) is 24.8 Å². The van der Waals surface area contributed by atoms with Gasteiger partial charge < -0.3 is 15.0 Å². The van der Waals surface area contributed by atoms with Crippen molar-refractivity contribution in [2.24, 2.45) is 0 Å². The predicted molar refractivity (Wildman–Crippen MR) is 127 cm³/mol. The van der Waals surface area contributed by atoms with Crippen LogP contribution in [0.25, 0.3) is 22.8 Å². The molecule has 0 atom stereocenters. The molecule has 0 unspecified atom stereocenters. The van der Waals surface area contributed by atoms with Crippen LogP contribution >= 0.6 is 0 Å². The molecular formula is C26H26FN5O. The monoisotopic (exact) mass is 443 g/mol. The lowest BCUT2D eigenvalue weighted by atomic mass is 9.81. The summed E-state index contributed by atoms with van der Waals surface area (Å²) in [6.45, 7) is 0. The normalized spacial score (nSPS) is 18.2. The second kappa shape index (κ2) is 9.02. The molecule has 0 spiro atoms. The van der Waals surface area contributed by atoms with Crippen molar-refractivity contribution < 1.29 is 9.50 Å². The number of nitrogens with one attached hydrogen (secondary N) is 1. The molecule has 0 amide bonds. The number of aromatic hydroxyl groups is 1. The average molecular weight is 444 g/mol. The van der Waals surface area contributed by atoms with Crippen LogP contribution in [0.1, 0.15) is 43.2 Å².